The lowest BCUT2D eigenvalue weighted by atomic mass is 10.00. The molecule has 3 rings (SSSR count). The third-order valence-corrected chi connectivity index (χ3v) is 4.60. The van der Waals surface area contributed by atoms with Crippen LogP contribution in [0.2, 0.25) is 5.02 Å². The highest BCUT2D eigenvalue weighted by Crippen LogP contribution is 2.25. The van der Waals surface area contributed by atoms with Gasteiger partial charge in [-0.2, -0.15) is 0 Å². The monoisotopic (exact) mass is 328 g/mol. The first-order chi connectivity index (χ1) is 11.1. The quantitative estimate of drug-likeness (QED) is 0.875. The van der Waals surface area contributed by atoms with Crippen molar-refractivity contribution in [3.63, 3.8) is 0 Å². The molecule has 23 heavy (non-hydrogen) atoms. The first-order valence-electron chi connectivity index (χ1n) is 8.04. The smallest absolute Gasteiger partial charge is 0.257 e. The van der Waals surface area contributed by atoms with Crippen LogP contribution in [0.1, 0.15) is 30.1 Å². The number of hydrogen-bond acceptors (Lipinski definition) is 2. The number of carbonyl (C=O) groups is 1. The number of hydrogen-bond donors (Lipinski definition) is 1. The van der Waals surface area contributed by atoms with Crippen molar-refractivity contribution in [1.82, 2.24) is 0 Å². The zero-order valence-corrected chi connectivity index (χ0v) is 14.0. The summed E-state index contributed by atoms with van der Waals surface area (Å²) in [5.41, 5.74) is 2.49. The van der Waals surface area contributed by atoms with Crippen molar-refractivity contribution >= 4 is 28.9 Å². The molecule has 0 aromatic heterocycles. The summed E-state index contributed by atoms with van der Waals surface area (Å²) in [5, 5.41) is 3.36. The van der Waals surface area contributed by atoms with E-state index >= 15 is 0 Å². The van der Waals surface area contributed by atoms with Gasteiger partial charge in [0, 0.05) is 24.5 Å². The van der Waals surface area contributed by atoms with Crippen LogP contribution < -0.4 is 10.2 Å². The van der Waals surface area contributed by atoms with Crippen molar-refractivity contribution in [3.05, 3.63) is 59.1 Å². The Morgan fingerprint density at radius 3 is 2.61 bits per heavy atom. The van der Waals surface area contributed by atoms with Crippen LogP contribution >= 0.6 is 11.6 Å². The van der Waals surface area contributed by atoms with Gasteiger partial charge in [-0.05, 0) is 55.2 Å². The van der Waals surface area contributed by atoms with E-state index in [1.54, 1.807) is 18.2 Å². The molecule has 0 aliphatic carbocycles. The highest BCUT2D eigenvalue weighted by Gasteiger charge is 2.16. The normalized spacial score (nSPS) is 17.8. The van der Waals surface area contributed by atoms with Gasteiger partial charge in [-0.15, -0.1) is 0 Å². The molecule has 0 radical (unpaired) electrons. The molecule has 0 saturated carbocycles. The van der Waals surface area contributed by atoms with Crippen molar-refractivity contribution in [3.8, 4) is 0 Å². The second-order valence-electron chi connectivity index (χ2n) is 6.17. The lowest BCUT2D eigenvalue weighted by molar-refractivity contribution is 0.102. The fraction of sp³-hybridized carbons (Fsp3) is 0.316. The molecule has 1 saturated heterocycles. The predicted octanol–water partition coefficient (Wildman–Crippen LogP) is 4.83. The van der Waals surface area contributed by atoms with Gasteiger partial charge in [-0.25, -0.2) is 0 Å². The molecule has 0 spiro atoms. The molecule has 0 bridgehead atoms. The Morgan fingerprint density at radius 2 is 1.91 bits per heavy atom. The second kappa shape index (κ2) is 7.05. The molecule has 1 unspecified atom stereocenters. The number of halogens is 1. The Balaban J connectivity index is 1.68. The van der Waals surface area contributed by atoms with Crippen molar-refractivity contribution in [2.24, 2.45) is 5.92 Å². The lowest BCUT2D eigenvalue weighted by Crippen LogP contribution is -2.34. The fourth-order valence-electron chi connectivity index (χ4n) is 3.02. The van der Waals surface area contributed by atoms with E-state index in [1.807, 2.05) is 18.2 Å². The summed E-state index contributed by atoms with van der Waals surface area (Å²) in [4.78, 5) is 14.7. The minimum Gasteiger partial charge on any atom is -0.371 e. The number of nitrogens with one attached hydrogen (secondary N) is 1. The van der Waals surface area contributed by atoms with E-state index in [0.717, 1.165) is 24.7 Å². The molecule has 4 heteroatoms. The van der Waals surface area contributed by atoms with E-state index in [9.17, 15) is 4.79 Å². The standard InChI is InChI=1S/C19H21ClN2O/c1-14-5-4-12-22(13-14)16-10-8-15(9-11-16)21-19(23)17-6-2-3-7-18(17)20/h2-3,6-11,14H,4-5,12-13H2,1H3,(H,21,23). The van der Waals surface area contributed by atoms with E-state index in [0.29, 0.717) is 10.6 Å². The van der Waals surface area contributed by atoms with Crippen LogP contribution in [0, 0.1) is 5.92 Å². The summed E-state index contributed by atoms with van der Waals surface area (Å²) in [5.74, 6) is 0.554. The van der Waals surface area contributed by atoms with E-state index in [2.05, 4.69) is 29.3 Å². The second-order valence-corrected chi connectivity index (χ2v) is 6.58. The minimum absolute atomic E-state index is 0.185. The maximum Gasteiger partial charge on any atom is 0.257 e. The van der Waals surface area contributed by atoms with E-state index in [1.165, 1.54) is 18.5 Å². The molecule has 2 aromatic carbocycles. The van der Waals surface area contributed by atoms with Crippen LogP contribution in [-0.2, 0) is 0 Å². The number of nitrogens with zero attached hydrogens (tertiary/aromatic N) is 1. The van der Waals surface area contributed by atoms with E-state index in [4.69, 9.17) is 11.6 Å². The average Bonchev–Trinajstić information content (AvgIpc) is 2.56. The summed E-state index contributed by atoms with van der Waals surface area (Å²) >= 11 is 6.06. The van der Waals surface area contributed by atoms with Crippen LogP contribution in [0.15, 0.2) is 48.5 Å². The number of carbonyl (C=O) groups excluding carboxylic acids is 1. The number of anilines is 2. The van der Waals surface area contributed by atoms with E-state index in [-0.39, 0.29) is 5.91 Å². The van der Waals surface area contributed by atoms with Crippen LogP contribution in [0.25, 0.3) is 0 Å². The Morgan fingerprint density at radius 1 is 1.17 bits per heavy atom. The Kier molecular flexibility index (Phi) is 4.87. The number of benzene rings is 2. The molecule has 1 fully saturated rings. The van der Waals surface area contributed by atoms with Crippen LogP contribution in [0.4, 0.5) is 11.4 Å². The van der Waals surface area contributed by atoms with Crippen molar-refractivity contribution < 1.29 is 4.79 Å². The zero-order chi connectivity index (χ0) is 16.2. The van der Waals surface area contributed by atoms with Gasteiger partial charge >= 0.3 is 0 Å². The summed E-state index contributed by atoms with van der Waals surface area (Å²) in [7, 11) is 0. The summed E-state index contributed by atoms with van der Waals surface area (Å²) in [6.07, 6.45) is 2.55. The molecule has 1 aliphatic heterocycles. The molecule has 2 aromatic rings. The van der Waals surface area contributed by atoms with Gasteiger partial charge in [0.05, 0.1) is 10.6 Å². The van der Waals surface area contributed by atoms with Crippen molar-refractivity contribution in [2.75, 3.05) is 23.3 Å². The van der Waals surface area contributed by atoms with Gasteiger partial charge in [-0.3, -0.25) is 4.79 Å². The molecule has 3 nitrogen and oxygen atoms in total. The van der Waals surface area contributed by atoms with Gasteiger partial charge in [0.25, 0.3) is 5.91 Å². The molecule has 120 valence electrons. The third-order valence-electron chi connectivity index (χ3n) is 4.27. The molecule has 1 atom stereocenters. The zero-order valence-electron chi connectivity index (χ0n) is 13.3. The topological polar surface area (TPSA) is 32.3 Å². The van der Waals surface area contributed by atoms with Crippen molar-refractivity contribution in [2.45, 2.75) is 19.8 Å². The number of amides is 1. The maximum absolute atomic E-state index is 12.3. The van der Waals surface area contributed by atoms with Crippen LogP contribution in [0.5, 0.6) is 0 Å². The number of rotatable bonds is 3. The summed E-state index contributed by atoms with van der Waals surface area (Å²) in [6.45, 7) is 4.51. The van der Waals surface area contributed by atoms with Gasteiger partial charge in [0.15, 0.2) is 0 Å². The average molecular weight is 329 g/mol. The highest BCUT2D eigenvalue weighted by molar-refractivity contribution is 6.34. The Bertz CT molecular complexity index is 684. The SMILES string of the molecule is CC1CCCN(c2ccc(NC(=O)c3ccccc3Cl)cc2)C1. The fourth-order valence-corrected chi connectivity index (χ4v) is 3.24. The van der Waals surface area contributed by atoms with E-state index < -0.39 is 0 Å². The third kappa shape index (κ3) is 3.85. The summed E-state index contributed by atoms with van der Waals surface area (Å²) in [6, 6.07) is 15.1. The van der Waals surface area contributed by atoms with Crippen LogP contribution in [0.3, 0.4) is 0 Å². The van der Waals surface area contributed by atoms with Crippen molar-refractivity contribution in [1.29, 1.82) is 0 Å². The van der Waals surface area contributed by atoms with Crippen LogP contribution in [-0.4, -0.2) is 19.0 Å². The molecule has 1 amide bonds. The predicted molar refractivity (Wildman–Crippen MR) is 96.5 cm³/mol. The molecular weight excluding hydrogens is 308 g/mol. The van der Waals surface area contributed by atoms with Gasteiger partial charge < -0.3 is 10.2 Å². The molecule has 1 N–H and O–H groups in total. The first kappa shape index (κ1) is 15.9. The first-order valence-corrected chi connectivity index (χ1v) is 8.42. The molecule has 1 heterocycles. The molecular formula is C19H21ClN2O. The summed E-state index contributed by atoms with van der Waals surface area (Å²) < 4.78 is 0. The highest BCUT2D eigenvalue weighted by atomic mass is 35.5. The van der Waals surface area contributed by atoms with Gasteiger partial charge in [0.2, 0.25) is 0 Å². The number of piperidine rings is 1. The Hall–Kier alpha value is -2.00. The maximum atomic E-state index is 12.3. The lowest BCUT2D eigenvalue weighted by Gasteiger charge is -2.32. The van der Waals surface area contributed by atoms with Gasteiger partial charge in [0.1, 0.15) is 0 Å². The molecule has 1 aliphatic rings. The largest absolute Gasteiger partial charge is 0.371 e. The minimum atomic E-state index is -0.185. The van der Waals surface area contributed by atoms with Gasteiger partial charge in [-0.1, -0.05) is 30.7 Å². The Labute approximate surface area is 142 Å².